The summed E-state index contributed by atoms with van der Waals surface area (Å²) in [4.78, 5) is 16.5. The van der Waals surface area contributed by atoms with E-state index in [0.29, 0.717) is 17.6 Å². The van der Waals surface area contributed by atoms with E-state index in [-0.39, 0.29) is 0 Å². The van der Waals surface area contributed by atoms with Crippen molar-refractivity contribution in [1.82, 2.24) is 33.2 Å². The number of aromatic nitrogens is 7. The maximum atomic E-state index is 5.61. The molecule has 76 heavy (non-hydrogen) atoms. The minimum atomic E-state index is 0.529. The summed E-state index contributed by atoms with van der Waals surface area (Å²) >= 11 is 0. The molecule has 0 bridgehead atoms. The van der Waals surface area contributed by atoms with Crippen molar-refractivity contribution in [2.45, 2.75) is 0 Å². The first kappa shape index (κ1) is 42.2. The molecule has 7 nitrogen and oxygen atoms in total. The molecular formula is C69H43N7. The summed E-state index contributed by atoms with van der Waals surface area (Å²) in [5.74, 6) is 1.70. The molecule has 0 unspecified atom stereocenters. The Morgan fingerprint density at radius 1 is 0.211 bits per heavy atom. The zero-order valence-electron chi connectivity index (χ0n) is 41.0. The molecule has 0 aliphatic carbocycles. The number of hydrogen-bond donors (Lipinski definition) is 0. The predicted octanol–water partition coefficient (Wildman–Crippen LogP) is 17.3. The van der Waals surface area contributed by atoms with Gasteiger partial charge in [-0.3, -0.25) is 4.57 Å². The minimum absolute atomic E-state index is 0.529. The van der Waals surface area contributed by atoms with Crippen LogP contribution in [0.15, 0.2) is 261 Å². The fraction of sp³-hybridized carbons (Fsp3) is 0. The van der Waals surface area contributed by atoms with Crippen molar-refractivity contribution in [3.63, 3.8) is 0 Å². The van der Waals surface area contributed by atoms with Crippen molar-refractivity contribution in [3.05, 3.63) is 261 Å². The molecule has 0 aliphatic rings. The first-order chi connectivity index (χ1) is 37.7. The molecule has 5 aromatic heterocycles. The Balaban J connectivity index is 1.02. The zero-order chi connectivity index (χ0) is 49.8. The first-order valence-corrected chi connectivity index (χ1v) is 25.8. The van der Waals surface area contributed by atoms with Crippen LogP contribution in [0.5, 0.6) is 0 Å². The van der Waals surface area contributed by atoms with Crippen molar-refractivity contribution < 1.29 is 0 Å². The lowest BCUT2D eigenvalue weighted by molar-refractivity contribution is 0.953. The molecule has 0 aliphatic heterocycles. The van der Waals surface area contributed by atoms with E-state index in [4.69, 9.17) is 15.0 Å². The van der Waals surface area contributed by atoms with E-state index >= 15 is 0 Å². The summed E-state index contributed by atoms with van der Waals surface area (Å²) in [6.45, 7) is 0. The highest BCUT2D eigenvalue weighted by Gasteiger charge is 2.25. The molecule has 0 amide bonds. The first-order valence-electron chi connectivity index (χ1n) is 25.8. The predicted molar refractivity (Wildman–Crippen MR) is 313 cm³/mol. The van der Waals surface area contributed by atoms with Crippen molar-refractivity contribution in [2.75, 3.05) is 0 Å². The molecule has 0 fully saturated rings. The molecule has 0 spiro atoms. The number of rotatable bonds is 7. The van der Waals surface area contributed by atoms with Crippen LogP contribution in [0, 0.1) is 0 Å². The third kappa shape index (κ3) is 6.33. The summed E-state index contributed by atoms with van der Waals surface area (Å²) < 4.78 is 9.48. The van der Waals surface area contributed by atoms with Gasteiger partial charge in [-0.05, 0) is 83.9 Å². The molecule has 0 atom stereocenters. The molecule has 0 radical (unpaired) electrons. The van der Waals surface area contributed by atoms with Gasteiger partial charge in [0.2, 0.25) is 5.95 Å². The van der Waals surface area contributed by atoms with Gasteiger partial charge in [-0.2, -0.15) is 9.97 Å². The van der Waals surface area contributed by atoms with Gasteiger partial charge < -0.3 is 13.7 Å². The average molecular weight is 970 g/mol. The highest BCUT2D eigenvalue weighted by molar-refractivity contribution is 6.24. The molecule has 0 saturated heterocycles. The fourth-order valence-corrected chi connectivity index (χ4v) is 12.1. The van der Waals surface area contributed by atoms with Gasteiger partial charge in [0.05, 0.1) is 44.1 Å². The molecule has 11 aromatic carbocycles. The smallest absolute Gasteiger partial charge is 0.238 e. The SMILES string of the molecule is c1ccc(-c2ccc(-n3c4ccccc4c4ccc5c6cc(-n7c8ccccc8c8ccccc87)ccc6n(-c6nc(-c7ccccc7)nc(-c7ccc8c9ccccc9n(-c9ccccc9)c8c7)n6)c5c43)cc2)cc1. The van der Waals surface area contributed by atoms with Crippen LogP contribution in [0.25, 0.3) is 144 Å². The van der Waals surface area contributed by atoms with Gasteiger partial charge in [0.25, 0.3) is 0 Å². The highest BCUT2D eigenvalue weighted by atomic mass is 15.2. The van der Waals surface area contributed by atoms with E-state index in [9.17, 15) is 0 Å². The Bertz CT molecular complexity index is 4910. The van der Waals surface area contributed by atoms with Crippen LogP contribution in [-0.2, 0) is 0 Å². The average Bonchev–Trinajstić information content (AvgIpc) is 4.25. The second-order valence-corrected chi connectivity index (χ2v) is 19.6. The Morgan fingerprint density at radius 2 is 0.605 bits per heavy atom. The lowest BCUT2D eigenvalue weighted by atomic mass is 10.1. The topological polar surface area (TPSA) is 58.4 Å². The van der Waals surface area contributed by atoms with E-state index in [0.717, 1.165) is 105 Å². The van der Waals surface area contributed by atoms with Crippen LogP contribution < -0.4 is 0 Å². The molecule has 0 N–H and O–H groups in total. The summed E-state index contributed by atoms with van der Waals surface area (Å²) in [5.41, 5.74) is 16.1. The lowest BCUT2D eigenvalue weighted by Crippen LogP contribution is -2.07. The standard InChI is InChI=1S/C69H43N7/c1-4-18-44(19-5-1)45-32-35-49(36-33-45)75-62-31-17-13-27-54(62)56-39-40-57-58-43-50(74-60-29-15-10-24-51(60)52-25-11-16-30-61(52)74)37-41-63(58)76(66(57)65(56)75)69-71-67(46-20-6-2-7-21-46)70-68(72-69)47-34-38-55-53-26-12-14-28-59(53)73(64(55)42-47)48-22-8-3-9-23-48/h1-43H. The normalized spacial score (nSPS) is 11.9. The van der Waals surface area contributed by atoms with Gasteiger partial charge in [0.1, 0.15) is 0 Å². The third-order valence-corrected chi connectivity index (χ3v) is 15.4. The van der Waals surface area contributed by atoms with Gasteiger partial charge in [0, 0.05) is 71.3 Å². The molecule has 0 saturated carbocycles. The Labute approximate surface area is 436 Å². The Morgan fingerprint density at radius 3 is 1.22 bits per heavy atom. The zero-order valence-corrected chi connectivity index (χ0v) is 41.0. The van der Waals surface area contributed by atoms with Crippen molar-refractivity contribution in [3.8, 4) is 56.9 Å². The van der Waals surface area contributed by atoms with Crippen LogP contribution in [0.2, 0.25) is 0 Å². The van der Waals surface area contributed by atoms with E-state index in [1.807, 2.05) is 18.2 Å². The molecule has 7 heteroatoms. The molecule has 5 heterocycles. The van der Waals surface area contributed by atoms with Gasteiger partial charge in [-0.1, -0.05) is 188 Å². The number of para-hydroxylation sites is 5. The van der Waals surface area contributed by atoms with E-state index < -0.39 is 0 Å². The summed E-state index contributed by atoms with van der Waals surface area (Å²) in [6.07, 6.45) is 0. The molecule has 16 aromatic rings. The van der Waals surface area contributed by atoms with Crippen LogP contribution >= 0.6 is 0 Å². The van der Waals surface area contributed by atoms with Crippen LogP contribution in [-0.4, -0.2) is 33.2 Å². The quantitative estimate of drug-likeness (QED) is 0.160. The number of fused-ring (bicyclic) bond motifs is 13. The molecular weight excluding hydrogens is 927 g/mol. The maximum absolute atomic E-state index is 5.61. The van der Waals surface area contributed by atoms with E-state index in [1.165, 1.54) is 21.7 Å². The van der Waals surface area contributed by atoms with Crippen molar-refractivity contribution in [2.24, 2.45) is 0 Å². The number of hydrogen-bond acceptors (Lipinski definition) is 3. The van der Waals surface area contributed by atoms with Gasteiger partial charge >= 0.3 is 0 Å². The monoisotopic (exact) mass is 969 g/mol. The van der Waals surface area contributed by atoms with Crippen LogP contribution in [0.3, 0.4) is 0 Å². The van der Waals surface area contributed by atoms with Gasteiger partial charge in [-0.15, -0.1) is 0 Å². The van der Waals surface area contributed by atoms with Crippen molar-refractivity contribution in [1.29, 1.82) is 0 Å². The minimum Gasteiger partial charge on any atom is -0.309 e. The Hall–Kier alpha value is -10.4. The van der Waals surface area contributed by atoms with Crippen molar-refractivity contribution >= 4 is 87.2 Å². The van der Waals surface area contributed by atoms with Crippen LogP contribution in [0.4, 0.5) is 0 Å². The van der Waals surface area contributed by atoms with Gasteiger partial charge in [-0.25, -0.2) is 4.98 Å². The summed E-state index contributed by atoms with van der Waals surface area (Å²) in [5, 5.41) is 9.27. The number of benzene rings is 11. The van der Waals surface area contributed by atoms with E-state index in [1.54, 1.807) is 0 Å². The third-order valence-electron chi connectivity index (χ3n) is 15.4. The van der Waals surface area contributed by atoms with E-state index in [2.05, 4.69) is 261 Å². The lowest BCUT2D eigenvalue weighted by Gasteiger charge is -2.14. The highest BCUT2D eigenvalue weighted by Crippen LogP contribution is 2.44. The second kappa shape index (κ2) is 16.6. The van der Waals surface area contributed by atoms with Gasteiger partial charge in [0.15, 0.2) is 11.6 Å². The maximum Gasteiger partial charge on any atom is 0.238 e. The summed E-state index contributed by atoms with van der Waals surface area (Å²) in [7, 11) is 0. The molecule has 354 valence electrons. The summed E-state index contributed by atoms with van der Waals surface area (Å²) in [6, 6.07) is 93.3. The van der Waals surface area contributed by atoms with Crippen LogP contribution in [0.1, 0.15) is 0 Å². The molecule has 16 rings (SSSR count). The fourth-order valence-electron chi connectivity index (χ4n) is 12.1. The Kier molecular flexibility index (Phi) is 9.20. The largest absolute Gasteiger partial charge is 0.309 e. The second-order valence-electron chi connectivity index (χ2n) is 19.6. The number of nitrogens with zero attached hydrogens (tertiary/aromatic N) is 7.